The van der Waals surface area contributed by atoms with Crippen molar-refractivity contribution in [1.29, 1.82) is 5.26 Å². The predicted molar refractivity (Wildman–Crippen MR) is 56.9 cm³/mol. The highest BCUT2D eigenvalue weighted by atomic mass is 16.2. The van der Waals surface area contributed by atoms with E-state index >= 15 is 0 Å². The molecule has 0 aromatic carbocycles. The number of amides is 1. The molecular formula is C12H18N2O. The number of hydrogen-bond donors (Lipinski definition) is 0. The average Bonchev–Trinajstić information content (AvgIpc) is 3.12. The van der Waals surface area contributed by atoms with Crippen LogP contribution in [-0.4, -0.2) is 23.4 Å². The Morgan fingerprint density at radius 1 is 1.33 bits per heavy atom. The van der Waals surface area contributed by atoms with Crippen LogP contribution in [-0.2, 0) is 4.79 Å². The lowest BCUT2D eigenvalue weighted by Crippen LogP contribution is -2.50. The van der Waals surface area contributed by atoms with Crippen molar-refractivity contribution >= 4 is 5.91 Å². The molecule has 0 spiro atoms. The molecule has 0 radical (unpaired) electrons. The first-order valence-corrected chi connectivity index (χ1v) is 5.88. The zero-order valence-electron chi connectivity index (χ0n) is 9.33. The van der Waals surface area contributed by atoms with Gasteiger partial charge in [0.1, 0.15) is 5.54 Å². The quantitative estimate of drug-likeness (QED) is 0.694. The van der Waals surface area contributed by atoms with Crippen LogP contribution in [0.5, 0.6) is 0 Å². The standard InChI is InChI=1S/C12H18N2O/c1-14(11(15)10-5-6-10)12(9-13)7-3-2-4-8-12/h10H,2-8H2,1H3. The number of rotatable bonds is 2. The molecule has 0 aromatic heterocycles. The van der Waals surface area contributed by atoms with Crippen LogP contribution < -0.4 is 0 Å². The van der Waals surface area contributed by atoms with Crippen LogP contribution in [0.2, 0.25) is 0 Å². The first-order chi connectivity index (χ1) is 7.19. The molecule has 0 unspecified atom stereocenters. The van der Waals surface area contributed by atoms with Gasteiger partial charge in [0, 0.05) is 13.0 Å². The summed E-state index contributed by atoms with van der Waals surface area (Å²) in [6.45, 7) is 0. The first-order valence-electron chi connectivity index (χ1n) is 5.88. The first kappa shape index (κ1) is 10.5. The summed E-state index contributed by atoms with van der Waals surface area (Å²) >= 11 is 0. The largest absolute Gasteiger partial charge is 0.327 e. The second-order valence-corrected chi connectivity index (χ2v) is 4.88. The van der Waals surface area contributed by atoms with E-state index in [0.717, 1.165) is 38.5 Å². The summed E-state index contributed by atoms with van der Waals surface area (Å²) < 4.78 is 0. The zero-order valence-corrected chi connectivity index (χ0v) is 9.33. The van der Waals surface area contributed by atoms with Gasteiger partial charge in [-0.05, 0) is 25.7 Å². The fraction of sp³-hybridized carbons (Fsp3) is 0.833. The molecule has 0 bridgehead atoms. The number of carbonyl (C=O) groups excluding carboxylic acids is 1. The molecule has 0 aromatic rings. The van der Waals surface area contributed by atoms with E-state index in [1.54, 1.807) is 4.90 Å². The summed E-state index contributed by atoms with van der Waals surface area (Å²) in [5.74, 6) is 0.417. The highest BCUT2D eigenvalue weighted by Gasteiger charge is 2.43. The van der Waals surface area contributed by atoms with E-state index in [1.807, 2.05) is 7.05 Å². The molecule has 0 atom stereocenters. The third-order valence-corrected chi connectivity index (χ3v) is 3.79. The SMILES string of the molecule is CN(C(=O)C1CC1)C1(C#N)CCCCC1. The maximum atomic E-state index is 11.9. The molecule has 2 aliphatic rings. The Morgan fingerprint density at radius 2 is 1.93 bits per heavy atom. The normalized spacial score (nSPS) is 24.3. The van der Waals surface area contributed by atoms with E-state index in [0.29, 0.717) is 0 Å². The molecular weight excluding hydrogens is 188 g/mol. The topological polar surface area (TPSA) is 44.1 Å². The maximum Gasteiger partial charge on any atom is 0.226 e. The molecule has 3 nitrogen and oxygen atoms in total. The Bertz CT molecular complexity index is 295. The second-order valence-electron chi connectivity index (χ2n) is 4.88. The van der Waals surface area contributed by atoms with E-state index in [-0.39, 0.29) is 11.8 Å². The van der Waals surface area contributed by atoms with Crippen LogP contribution in [0.3, 0.4) is 0 Å². The van der Waals surface area contributed by atoms with Crippen molar-refractivity contribution in [1.82, 2.24) is 4.90 Å². The number of carbonyl (C=O) groups is 1. The summed E-state index contributed by atoms with van der Waals surface area (Å²) in [7, 11) is 1.81. The van der Waals surface area contributed by atoms with Gasteiger partial charge in [-0.25, -0.2) is 0 Å². The van der Waals surface area contributed by atoms with E-state index in [4.69, 9.17) is 0 Å². The summed E-state index contributed by atoms with van der Waals surface area (Å²) in [5.41, 5.74) is -0.488. The maximum absolute atomic E-state index is 11.9. The predicted octanol–water partition coefficient (Wildman–Crippen LogP) is 2.08. The minimum Gasteiger partial charge on any atom is -0.327 e. The molecule has 2 rings (SSSR count). The molecule has 0 saturated heterocycles. The van der Waals surface area contributed by atoms with Crippen molar-refractivity contribution in [2.45, 2.75) is 50.5 Å². The van der Waals surface area contributed by atoms with Crippen LogP contribution >= 0.6 is 0 Å². The van der Waals surface area contributed by atoms with E-state index in [9.17, 15) is 10.1 Å². The van der Waals surface area contributed by atoms with Crippen LogP contribution in [0, 0.1) is 17.2 Å². The summed E-state index contributed by atoms with van der Waals surface area (Å²) in [6, 6.07) is 2.39. The molecule has 82 valence electrons. The summed E-state index contributed by atoms with van der Waals surface area (Å²) in [6.07, 6.45) is 7.12. The number of nitriles is 1. The zero-order chi connectivity index (χ0) is 10.9. The van der Waals surface area contributed by atoms with Crippen LogP contribution in [0.25, 0.3) is 0 Å². The fourth-order valence-electron chi connectivity index (χ4n) is 2.47. The fourth-order valence-corrected chi connectivity index (χ4v) is 2.47. The Hall–Kier alpha value is -1.04. The van der Waals surface area contributed by atoms with E-state index in [1.165, 1.54) is 6.42 Å². The third-order valence-electron chi connectivity index (χ3n) is 3.79. The average molecular weight is 206 g/mol. The van der Waals surface area contributed by atoms with Gasteiger partial charge in [0.25, 0.3) is 0 Å². The van der Waals surface area contributed by atoms with Crippen LogP contribution in [0.15, 0.2) is 0 Å². The third kappa shape index (κ3) is 1.86. The Kier molecular flexibility index (Phi) is 2.68. The molecule has 0 aliphatic heterocycles. The molecule has 0 N–H and O–H groups in total. The van der Waals surface area contributed by atoms with Gasteiger partial charge in [0.2, 0.25) is 5.91 Å². The second kappa shape index (κ2) is 3.84. The smallest absolute Gasteiger partial charge is 0.226 e. The van der Waals surface area contributed by atoms with Crippen molar-refractivity contribution in [3.05, 3.63) is 0 Å². The van der Waals surface area contributed by atoms with Gasteiger partial charge in [0.05, 0.1) is 6.07 Å². The molecule has 2 aliphatic carbocycles. The Morgan fingerprint density at radius 3 is 2.40 bits per heavy atom. The van der Waals surface area contributed by atoms with Crippen molar-refractivity contribution in [2.75, 3.05) is 7.05 Å². The van der Waals surface area contributed by atoms with Crippen molar-refractivity contribution in [2.24, 2.45) is 5.92 Å². The summed E-state index contributed by atoms with van der Waals surface area (Å²) in [5, 5.41) is 9.32. The lowest BCUT2D eigenvalue weighted by molar-refractivity contribution is -0.136. The Balaban J connectivity index is 2.10. The lowest BCUT2D eigenvalue weighted by Gasteiger charge is -2.39. The summed E-state index contributed by atoms with van der Waals surface area (Å²) in [4.78, 5) is 13.7. The number of hydrogen-bond acceptors (Lipinski definition) is 2. The number of nitrogens with zero attached hydrogens (tertiary/aromatic N) is 2. The monoisotopic (exact) mass is 206 g/mol. The molecule has 2 saturated carbocycles. The molecule has 0 heterocycles. The molecule has 2 fully saturated rings. The van der Waals surface area contributed by atoms with Crippen molar-refractivity contribution in [3.63, 3.8) is 0 Å². The van der Waals surface area contributed by atoms with Gasteiger partial charge < -0.3 is 4.90 Å². The highest BCUT2D eigenvalue weighted by Crippen LogP contribution is 2.37. The van der Waals surface area contributed by atoms with Crippen LogP contribution in [0.1, 0.15) is 44.9 Å². The lowest BCUT2D eigenvalue weighted by atomic mass is 9.81. The highest BCUT2D eigenvalue weighted by molar-refractivity contribution is 5.82. The molecule has 1 amide bonds. The molecule has 3 heteroatoms. The minimum atomic E-state index is -0.488. The van der Waals surface area contributed by atoms with Gasteiger partial charge in [-0.2, -0.15) is 5.26 Å². The van der Waals surface area contributed by atoms with Gasteiger partial charge in [0.15, 0.2) is 0 Å². The Labute approximate surface area is 91.1 Å². The minimum absolute atomic E-state index is 0.193. The van der Waals surface area contributed by atoms with E-state index < -0.39 is 5.54 Å². The molecule has 15 heavy (non-hydrogen) atoms. The van der Waals surface area contributed by atoms with Crippen molar-refractivity contribution < 1.29 is 4.79 Å². The van der Waals surface area contributed by atoms with Gasteiger partial charge >= 0.3 is 0 Å². The van der Waals surface area contributed by atoms with Gasteiger partial charge in [-0.1, -0.05) is 19.3 Å². The van der Waals surface area contributed by atoms with E-state index in [2.05, 4.69) is 6.07 Å². The van der Waals surface area contributed by atoms with Crippen LogP contribution in [0.4, 0.5) is 0 Å². The van der Waals surface area contributed by atoms with Crippen molar-refractivity contribution in [3.8, 4) is 6.07 Å². The van der Waals surface area contributed by atoms with Gasteiger partial charge in [-0.15, -0.1) is 0 Å². The van der Waals surface area contributed by atoms with Gasteiger partial charge in [-0.3, -0.25) is 4.79 Å².